The number of hydrogen-bond acceptors (Lipinski definition) is 4. The van der Waals surface area contributed by atoms with E-state index in [1.807, 2.05) is 32.0 Å². The number of nitrogens with one attached hydrogen (secondary N) is 1. The summed E-state index contributed by atoms with van der Waals surface area (Å²) in [6, 6.07) is 5.90. The van der Waals surface area contributed by atoms with E-state index in [0.29, 0.717) is 5.65 Å². The van der Waals surface area contributed by atoms with Crippen LogP contribution >= 0.6 is 0 Å². The van der Waals surface area contributed by atoms with Crippen LogP contribution in [0.25, 0.3) is 16.9 Å². The Morgan fingerprint density at radius 3 is 2.94 bits per heavy atom. The fourth-order valence-corrected chi connectivity index (χ4v) is 1.89. The van der Waals surface area contributed by atoms with Gasteiger partial charge in [0, 0.05) is 0 Å². The maximum Gasteiger partial charge on any atom is 0.280 e. The Bertz CT molecular complexity index is 787. The molecule has 90 valence electrons. The molecular formula is C12H11N5O. The molecule has 0 aliphatic heterocycles. The quantitative estimate of drug-likeness (QED) is 0.692. The molecule has 1 aromatic carbocycles. The standard InChI is InChI=1S/C12H11N5O/c1-7-4-3-5-9(8(7)2)17-11-10(15-16-17)12(18)14-6-13-11/h3-6H,1-2H3,(H,13,14,18). The van der Waals surface area contributed by atoms with E-state index in [9.17, 15) is 4.79 Å². The number of fused-ring (bicyclic) bond motifs is 1. The highest BCUT2D eigenvalue weighted by atomic mass is 16.1. The Morgan fingerprint density at radius 1 is 1.28 bits per heavy atom. The van der Waals surface area contributed by atoms with Crippen molar-refractivity contribution in [2.24, 2.45) is 0 Å². The smallest absolute Gasteiger partial charge is 0.280 e. The van der Waals surface area contributed by atoms with Gasteiger partial charge in [0.25, 0.3) is 5.56 Å². The second kappa shape index (κ2) is 3.76. The molecule has 18 heavy (non-hydrogen) atoms. The van der Waals surface area contributed by atoms with Crippen molar-refractivity contribution in [2.75, 3.05) is 0 Å². The molecule has 0 fully saturated rings. The second-order valence-corrected chi connectivity index (χ2v) is 4.12. The maximum absolute atomic E-state index is 11.6. The number of H-pyrrole nitrogens is 1. The average Bonchev–Trinajstić information content (AvgIpc) is 2.78. The highest BCUT2D eigenvalue weighted by molar-refractivity contribution is 5.70. The van der Waals surface area contributed by atoms with Crippen molar-refractivity contribution in [3.05, 3.63) is 46.0 Å². The number of aromatic amines is 1. The van der Waals surface area contributed by atoms with Crippen molar-refractivity contribution in [1.29, 1.82) is 0 Å². The minimum atomic E-state index is -0.281. The zero-order valence-corrected chi connectivity index (χ0v) is 10.0. The van der Waals surface area contributed by atoms with Crippen LogP contribution in [0, 0.1) is 13.8 Å². The maximum atomic E-state index is 11.6. The van der Waals surface area contributed by atoms with Gasteiger partial charge in [-0.15, -0.1) is 5.10 Å². The molecule has 6 heteroatoms. The van der Waals surface area contributed by atoms with Gasteiger partial charge in [-0.25, -0.2) is 4.98 Å². The summed E-state index contributed by atoms with van der Waals surface area (Å²) in [7, 11) is 0. The van der Waals surface area contributed by atoms with Gasteiger partial charge in [0.15, 0.2) is 11.2 Å². The van der Waals surface area contributed by atoms with Crippen LogP contribution in [-0.4, -0.2) is 25.0 Å². The van der Waals surface area contributed by atoms with Gasteiger partial charge in [0.2, 0.25) is 0 Å². The summed E-state index contributed by atoms with van der Waals surface area (Å²) in [5, 5.41) is 7.88. The summed E-state index contributed by atoms with van der Waals surface area (Å²) in [5.74, 6) is 0. The SMILES string of the molecule is Cc1cccc(-n2nnc3c(=O)[nH]cnc32)c1C. The number of hydrogen-bond donors (Lipinski definition) is 1. The van der Waals surface area contributed by atoms with E-state index in [2.05, 4.69) is 20.3 Å². The Hall–Kier alpha value is -2.50. The Balaban J connectivity index is 2.36. The molecule has 0 radical (unpaired) electrons. The topological polar surface area (TPSA) is 76.5 Å². The normalized spacial score (nSPS) is 11.0. The molecule has 2 aromatic heterocycles. The van der Waals surface area contributed by atoms with E-state index in [1.54, 1.807) is 4.68 Å². The Kier molecular flexibility index (Phi) is 2.22. The third-order valence-electron chi connectivity index (χ3n) is 3.05. The van der Waals surface area contributed by atoms with Crippen molar-refractivity contribution >= 4 is 11.2 Å². The zero-order chi connectivity index (χ0) is 12.7. The van der Waals surface area contributed by atoms with Crippen LogP contribution in [0.1, 0.15) is 11.1 Å². The molecule has 6 nitrogen and oxygen atoms in total. The van der Waals surface area contributed by atoms with Gasteiger partial charge in [0.1, 0.15) is 0 Å². The average molecular weight is 241 g/mol. The van der Waals surface area contributed by atoms with Crippen molar-refractivity contribution in [2.45, 2.75) is 13.8 Å². The third-order valence-corrected chi connectivity index (χ3v) is 3.05. The van der Waals surface area contributed by atoms with Gasteiger partial charge in [-0.2, -0.15) is 4.68 Å². The number of rotatable bonds is 1. The number of aromatic nitrogens is 5. The Morgan fingerprint density at radius 2 is 2.11 bits per heavy atom. The monoisotopic (exact) mass is 241 g/mol. The molecule has 0 bridgehead atoms. The van der Waals surface area contributed by atoms with Gasteiger partial charge < -0.3 is 4.98 Å². The molecule has 3 rings (SSSR count). The van der Waals surface area contributed by atoms with Crippen LogP contribution in [0.3, 0.4) is 0 Å². The lowest BCUT2D eigenvalue weighted by Crippen LogP contribution is -2.07. The molecule has 0 aliphatic rings. The zero-order valence-electron chi connectivity index (χ0n) is 10.0. The van der Waals surface area contributed by atoms with Crippen LogP contribution < -0.4 is 5.56 Å². The van der Waals surface area contributed by atoms with Gasteiger partial charge in [-0.1, -0.05) is 17.3 Å². The fourth-order valence-electron chi connectivity index (χ4n) is 1.89. The molecule has 2 heterocycles. The Labute approximate surface area is 102 Å². The third kappa shape index (κ3) is 1.42. The highest BCUT2D eigenvalue weighted by Crippen LogP contribution is 2.18. The first-order chi connectivity index (χ1) is 8.68. The van der Waals surface area contributed by atoms with Gasteiger partial charge >= 0.3 is 0 Å². The summed E-state index contributed by atoms with van der Waals surface area (Å²) >= 11 is 0. The molecule has 1 N–H and O–H groups in total. The summed E-state index contributed by atoms with van der Waals surface area (Å²) in [6.45, 7) is 4.03. The molecule has 0 aliphatic carbocycles. The van der Waals surface area contributed by atoms with E-state index < -0.39 is 0 Å². The van der Waals surface area contributed by atoms with E-state index in [4.69, 9.17) is 0 Å². The van der Waals surface area contributed by atoms with Crippen LogP contribution in [-0.2, 0) is 0 Å². The molecule has 3 aromatic rings. The number of aryl methyl sites for hydroxylation is 1. The summed E-state index contributed by atoms with van der Waals surface area (Å²) in [6.07, 6.45) is 1.36. The summed E-state index contributed by atoms with van der Waals surface area (Å²) in [4.78, 5) is 18.2. The number of nitrogens with zero attached hydrogens (tertiary/aromatic N) is 4. The first-order valence-electron chi connectivity index (χ1n) is 5.54. The van der Waals surface area contributed by atoms with Crippen LogP contribution in [0.4, 0.5) is 0 Å². The van der Waals surface area contributed by atoms with Gasteiger partial charge in [-0.05, 0) is 31.0 Å². The predicted molar refractivity (Wildman–Crippen MR) is 66.8 cm³/mol. The van der Waals surface area contributed by atoms with Gasteiger partial charge in [-0.3, -0.25) is 4.79 Å². The van der Waals surface area contributed by atoms with Crippen LogP contribution in [0.15, 0.2) is 29.3 Å². The predicted octanol–water partition coefficient (Wildman–Crippen LogP) is 1.12. The van der Waals surface area contributed by atoms with Crippen molar-refractivity contribution in [3.8, 4) is 5.69 Å². The minimum absolute atomic E-state index is 0.249. The van der Waals surface area contributed by atoms with Crippen molar-refractivity contribution in [3.63, 3.8) is 0 Å². The summed E-state index contributed by atoms with van der Waals surface area (Å²) < 4.78 is 1.59. The van der Waals surface area contributed by atoms with Crippen molar-refractivity contribution < 1.29 is 0 Å². The first-order valence-corrected chi connectivity index (χ1v) is 5.54. The number of benzene rings is 1. The molecule has 0 saturated carbocycles. The molecule has 0 amide bonds. The van der Waals surface area contributed by atoms with E-state index >= 15 is 0 Å². The molecular weight excluding hydrogens is 230 g/mol. The molecule has 0 saturated heterocycles. The van der Waals surface area contributed by atoms with E-state index in [0.717, 1.165) is 16.8 Å². The van der Waals surface area contributed by atoms with E-state index in [1.165, 1.54) is 6.33 Å². The first kappa shape index (κ1) is 10.6. The van der Waals surface area contributed by atoms with Crippen LogP contribution in [0.5, 0.6) is 0 Å². The molecule has 0 spiro atoms. The van der Waals surface area contributed by atoms with Crippen LogP contribution in [0.2, 0.25) is 0 Å². The second-order valence-electron chi connectivity index (χ2n) is 4.12. The molecule has 0 unspecified atom stereocenters. The lowest BCUT2D eigenvalue weighted by atomic mass is 10.1. The fraction of sp³-hybridized carbons (Fsp3) is 0.167. The van der Waals surface area contributed by atoms with Crippen molar-refractivity contribution in [1.82, 2.24) is 25.0 Å². The lowest BCUT2D eigenvalue weighted by Gasteiger charge is -2.07. The minimum Gasteiger partial charge on any atom is -0.311 e. The molecule has 0 atom stereocenters. The lowest BCUT2D eigenvalue weighted by molar-refractivity contribution is 0.811. The van der Waals surface area contributed by atoms with E-state index in [-0.39, 0.29) is 11.1 Å². The summed E-state index contributed by atoms with van der Waals surface area (Å²) in [5.41, 5.74) is 3.56. The largest absolute Gasteiger partial charge is 0.311 e. The van der Waals surface area contributed by atoms with Gasteiger partial charge in [0.05, 0.1) is 12.0 Å². The highest BCUT2D eigenvalue weighted by Gasteiger charge is 2.12.